The van der Waals surface area contributed by atoms with Gasteiger partial charge in [0, 0.05) is 10.9 Å². The molecule has 0 radical (unpaired) electrons. The van der Waals surface area contributed by atoms with E-state index in [0.717, 1.165) is 49.0 Å². The van der Waals surface area contributed by atoms with Crippen LogP contribution in [0.5, 0.6) is 0 Å². The zero-order chi connectivity index (χ0) is 19.0. The van der Waals surface area contributed by atoms with E-state index in [2.05, 4.69) is 10.6 Å². The second kappa shape index (κ2) is 7.25. The topological polar surface area (TPSA) is 41.1 Å². The number of carbonyl (C=O) groups excluding carboxylic acids is 1. The maximum atomic E-state index is 13.5. The minimum atomic E-state index is -0.384. The van der Waals surface area contributed by atoms with Gasteiger partial charge >= 0.3 is 0 Å². The molecule has 2 aromatic carbocycles. The van der Waals surface area contributed by atoms with Gasteiger partial charge in [0.1, 0.15) is 5.82 Å². The Labute approximate surface area is 164 Å². The van der Waals surface area contributed by atoms with Crippen LogP contribution in [0.4, 0.5) is 4.39 Å². The molecule has 27 heavy (non-hydrogen) atoms. The third-order valence-corrected chi connectivity index (χ3v) is 6.40. The molecular formula is C22H24ClFN2O. The highest BCUT2D eigenvalue weighted by atomic mass is 35.5. The van der Waals surface area contributed by atoms with Crippen molar-refractivity contribution < 1.29 is 9.18 Å². The first kappa shape index (κ1) is 18.5. The zero-order valence-electron chi connectivity index (χ0n) is 15.4. The first-order valence-electron chi connectivity index (χ1n) is 9.51. The molecule has 1 spiro atoms. The van der Waals surface area contributed by atoms with Crippen LogP contribution in [0.1, 0.15) is 42.0 Å². The third-order valence-electron chi connectivity index (χ3n) is 6.08. The van der Waals surface area contributed by atoms with Crippen LogP contribution in [0.15, 0.2) is 42.5 Å². The second-order valence-electron chi connectivity index (χ2n) is 7.89. The van der Waals surface area contributed by atoms with Crippen molar-refractivity contribution >= 4 is 17.5 Å². The molecule has 1 aliphatic carbocycles. The molecule has 2 aromatic rings. The lowest BCUT2D eigenvalue weighted by Gasteiger charge is -2.25. The molecule has 1 amide bonds. The number of hydrogen-bond acceptors (Lipinski definition) is 2. The highest BCUT2D eigenvalue weighted by molar-refractivity contribution is 6.31. The van der Waals surface area contributed by atoms with E-state index in [1.54, 1.807) is 6.07 Å². The van der Waals surface area contributed by atoms with E-state index in [0.29, 0.717) is 5.02 Å². The molecule has 1 saturated carbocycles. The number of amides is 1. The highest BCUT2D eigenvalue weighted by Crippen LogP contribution is 2.58. The Balaban J connectivity index is 1.60. The van der Waals surface area contributed by atoms with Crippen molar-refractivity contribution in [2.24, 2.45) is 11.3 Å². The standard InChI is InChI=1S/C22H24ClFN2O/c1-14-2-4-15(5-3-14)20(17-7-6-16(24)12-19(17)23)26-21(27)18-13-22(18)8-10-25-11-9-22/h2-7,12,18,20,25H,8-11,13H2,1H3,(H,26,27). The van der Waals surface area contributed by atoms with Gasteiger partial charge in [-0.2, -0.15) is 0 Å². The summed E-state index contributed by atoms with van der Waals surface area (Å²) in [5.41, 5.74) is 2.97. The van der Waals surface area contributed by atoms with Gasteiger partial charge in [-0.15, -0.1) is 0 Å². The van der Waals surface area contributed by atoms with E-state index in [9.17, 15) is 9.18 Å². The van der Waals surface area contributed by atoms with Crippen molar-refractivity contribution in [3.8, 4) is 0 Å². The van der Waals surface area contributed by atoms with E-state index in [1.807, 2.05) is 31.2 Å². The van der Waals surface area contributed by atoms with Gasteiger partial charge in [-0.3, -0.25) is 4.79 Å². The smallest absolute Gasteiger partial charge is 0.224 e. The molecular weight excluding hydrogens is 363 g/mol. The van der Waals surface area contributed by atoms with E-state index < -0.39 is 0 Å². The molecule has 2 atom stereocenters. The molecule has 1 heterocycles. The average Bonchev–Trinajstić information content (AvgIpc) is 3.34. The zero-order valence-corrected chi connectivity index (χ0v) is 16.2. The monoisotopic (exact) mass is 386 g/mol. The Morgan fingerprint density at radius 2 is 1.93 bits per heavy atom. The predicted octanol–water partition coefficient (Wildman–Crippen LogP) is 4.38. The van der Waals surface area contributed by atoms with Crippen molar-refractivity contribution in [3.05, 3.63) is 70.0 Å². The fourth-order valence-electron chi connectivity index (χ4n) is 4.27. The lowest BCUT2D eigenvalue weighted by Crippen LogP contribution is -2.35. The fourth-order valence-corrected chi connectivity index (χ4v) is 4.55. The summed E-state index contributed by atoms with van der Waals surface area (Å²) >= 11 is 6.33. The summed E-state index contributed by atoms with van der Waals surface area (Å²) in [4.78, 5) is 13.0. The van der Waals surface area contributed by atoms with Gasteiger partial charge in [0.15, 0.2) is 0 Å². The SMILES string of the molecule is Cc1ccc(C(NC(=O)C2CC23CCNCC3)c2ccc(F)cc2Cl)cc1. The minimum absolute atomic E-state index is 0.0618. The van der Waals surface area contributed by atoms with Gasteiger partial charge in [0.05, 0.1) is 6.04 Å². The van der Waals surface area contributed by atoms with Crippen molar-refractivity contribution in [2.75, 3.05) is 13.1 Å². The first-order valence-corrected chi connectivity index (χ1v) is 9.89. The predicted molar refractivity (Wildman–Crippen MR) is 105 cm³/mol. The van der Waals surface area contributed by atoms with Crippen LogP contribution < -0.4 is 10.6 Å². The quantitative estimate of drug-likeness (QED) is 0.818. The number of halogens is 2. The molecule has 0 bridgehead atoms. The van der Waals surface area contributed by atoms with Crippen molar-refractivity contribution in [3.63, 3.8) is 0 Å². The van der Waals surface area contributed by atoms with Crippen LogP contribution in [0.2, 0.25) is 5.02 Å². The lowest BCUT2D eigenvalue weighted by atomic mass is 9.91. The Kier molecular flexibility index (Phi) is 4.95. The maximum absolute atomic E-state index is 13.5. The Morgan fingerprint density at radius 1 is 1.22 bits per heavy atom. The van der Waals surface area contributed by atoms with Crippen molar-refractivity contribution in [1.82, 2.24) is 10.6 Å². The highest BCUT2D eigenvalue weighted by Gasteiger charge is 2.57. The van der Waals surface area contributed by atoms with Crippen LogP contribution in [-0.4, -0.2) is 19.0 Å². The molecule has 2 unspecified atom stereocenters. The Morgan fingerprint density at radius 3 is 2.59 bits per heavy atom. The van der Waals surface area contributed by atoms with Gasteiger partial charge in [-0.25, -0.2) is 4.39 Å². The third kappa shape index (κ3) is 3.74. The number of rotatable bonds is 4. The van der Waals surface area contributed by atoms with Gasteiger partial charge in [0.25, 0.3) is 0 Å². The number of aryl methyl sites for hydroxylation is 1. The van der Waals surface area contributed by atoms with E-state index >= 15 is 0 Å². The van der Waals surface area contributed by atoms with E-state index in [1.165, 1.54) is 12.1 Å². The van der Waals surface area contributed by atoms with Crippen LogP contribution in [0, 0.1) is 24.1 Å². The van der Waals surface area contributed by atoms with Crippen LogP contribution in [-0.2, 0) is 4.79 Å². The Bertz CT molecular complexity index is 846. The molecule has 1 saturated heterocycles. The number of benzene rings is 2. The number of piperidine rings is 1. The normalized spacial score (nSPS) is 21.7. The molecule has 142 valence electrons. The summed E-state index contributed by atoms with van der Waals surface area (Å²) in [6.45, 7) is 3.98. The molecule has 2 fully saturated rings. The summed E-state index contributed by atoms with van der Waals surface area (Å²) in [6, 6.07) is 12.0. The summed E-state index contributed by atoms with van der Waals surface area (Å²) in [6.07, 6.45) is 3.06. The molecule has 0 aromatic heterocycles. The second-order valence-corrected chi connectivity index (χ2v) is 8.29. The fraction of sp³-hybridized carbons (Fsp3) is 0.409. The molecule has 5 heteroatoms. The summed E-state index contributed by atoms with van der Waals surface area (Å²) in [7, 11) is 0. The van der Waals surface area contributed by atoms with E-state index in [-0.39, 0.29) is 29.1 Å². The number of hydrogen-bond donors (Lipinski definition) is 2. The molecule has 1 aliphatic heterocycles. The molecule has 2 aliphatic rings. The summed E-state index contributed by atoms with van der Waals surface area (Å²) in [5.74, 6) is -0.247. The molecule has 2 N–H and O–H groups in total. The van der Waals surface area contributed by atoms with E-state index in [4.69, 9.17) is 11.6 Å². The maximum Gasteiger partial charge on any atom is 0.224 e. The van der Waals surface area contributed by atoms with Crippen LogP contribution >= 0.6 is 11.6 Å². The van der Waals surface area contributed by atoms with Crippen LogP contribution in [0.25, 0.3) is 0 Å². The van der Waals surface area contributed by atoms with Gasteiger partial charge in [0.2, 0.25) is 5.91 Å². The lowest BCUT2D eigenvalue weighted by molar-refractivity contribution is -0.123. The van der Waals surface area contributed by atoms with Gasteiger partial charge in [-0.1, -0.05) is 47.5 Å². The van der Waals surface area contributed by atoms with Crippen LogP contribution in [0.3, 0.4) is 0 Å². The van der Waals surface area contributed by atoms with Crippen molar-refractivity contribution in [1.29, 1.82) is 0 Å². The Hall–Kier alpha value is -1.91. The van der Waals surface area contributed by atoms with Crippen molar-refractivity contribution in [2.45, 2.75) is 32.2 Å². The minimum Gasteiger partial charge on any atom is -0.345 e. The first-order chi connectivity index (χ1) is 13.0. The van der Waals surface area contributed by atoms with Gasteiger partial charge < -0.3 is 10.6 Å². The number of nitrogens with one attached hydrogen (secondary N) is 2. The summed E-state index contributed by atoms with van der Waals surface area (Å²) < 4.78 is 13.5. The molecule has 3 nitrogen and oxygen atoms in total. The van der Waals surface area contributed by atoms with Gasteiger partial charge in [-0.05, 0) is 68.0 Å². The average molecular weight is 387 g/mol. The largest absolute Gasteiger partial charge is 0.345 e. The molecule has 4 rings (SSSR count). The summed E-state index contributed by atoms with van der Waals surface area (Å²) in [5, 5.41) is 6.89. The number of carbonyl (C=O) groups is 1.